The first-order valence-electron chi connectivity index (χ1n) is 11.4. The van der Waals surface area contributed by atoms with Crippen LogP contribution in [0.2, 0.25) is 0 Å². The molecule has 1 N–H and O–H groups in total. The van der Waals surface area contributed by atoms with Gasteiger partial charge in [-0.1, -0.05) is 12.1 Å². The third-order valence-corrected chi connectivity index (χ3v) is 6.58. The van der Waals surface area contributed by atoms with Crippen molar-refractivity contribution in [1.82, 2.24) is 9.80 Å². The normalized spacial score (nSPS) is 17.4. The molecule has 6 nitrogen and oxygen atoms in total. The van der Waals surface area contributed by atoms with Gasteiger partial charge in [-0.2, -0.15) is 0 Å². The van der Waals surface area contributed by atoms with Crippen molar-refractivity contribution in [3.05, 3.63) is 77.3 Å². The number of fused-ring (bicyclic) bond motifs is 1. The summed E-state index contributed by atoms with van der Waals surface area (Å²) in [6.45, 7) is 1.53. The molecule has 1 fully saturated rings. The summed E-state index contributed by atoms with van der Waals surface area (Å²) in [6.07, 6.45) is 3.58. The van der Waals surface area contributed by atoms with Gasteiger partial charge in [-0.05, 0) is 75.5 Å². The number of anilines is 1. The van der Waals surface area contributed by atoms with Gasteiger partial charge in [0.2, 0.25) is 0 Å². The lowest BCUT2D eigenvalue weighted by Gasteiger charge is -2.35. The van der Waals surface area contributed by atoms with Gasteiger partial charge in [0.15, 0.2) is 0 Å². The van der Waals surface area contributed by atoms with Crippen LogP contribution in [0.5, 0.6) is 0 Å². The number of nitrogens with one attached hydrogen (secondary N) is 1. The SMILES string of the molecule is CN(C)C1CCN(C(=O)c2ccc(-c3ccc(/C=C4/C(=O)Nc5ccc(F)cc54)o3)cc2)CC1. The summed E-state index contributed by atoms with van der Waals surface area (Å²) in [5.74, 6) is 0.456. The highest BCUT2D eigenvalue weighted by atomic mass is 19.1. The second-order valence-electron chi connectivity index (χ2n) is 8.97. The minimum Gasteiger partial charge on any atom is -0.457 e. The first-order valence-corrected chi connectivity index (χ1v) is 11.4. The van der Waals surface area contributed by atoms with Crippen LogP contribution in [-0.2, 0) is 4.79 Å². The number of nitrogens with zero attached hydrogens (tertiary/aromatic N) is 2. The Morgan fingerprint density at radius 3 is 2.53 bits per heavy atom. The van der Waals surface area contributed by atoms with Crippen LogP contribution in [0.25, 0.3) is 23.0 Å². The Morgan fingerprint density at radius 2 is 1.82 bits per heavy atom. The molecule has 1 aromatic heterocycles. The second-order valence-corrected chi connectivity index (χ2v) is 8.97. The van der Waals surface area contributed by atoms with Gasteiger partial charge in [-0.15, -0.1) is 0 Å². The number of carbonyl (C=O) groups is 2. The predicted octanol–water partition coefficient (Wildman–Crippen LogP) is 4.74. The summed E-state index contributed by atoms with van der Waals surface area (Å²) in [5.41, 5.74) is 2.93. The highest BCUT2D eigenvalue weighted by Crippen LogP contribution is 2.34. The van der Waals surface area contributed by atoms with Crippen molar-refractivity contribution >= 4 is 29.2 Å². The minimum atomic E-state index is -0.405. The lowest BCUT2D eigenvalue weighted by atomic mass is 10.0. The van der Waals surface area contributed by atoms with Gasteiger partial charge in [0.05, 0.1) is 5.57 Å². The van der Waals surface area contributed by atoms with Crippen molar-refractivity contribution in [3.63, 3.8) is 0 Å². The Balaban J connectivity index is 1.30. The number of furan rings is 1. The van der Waals surface area contributed by atoms with E-state index in [0.29, 0.717) is 39.9 Å². The molecule has 0 saturated carbocycles. The fourth-order valence-corrected chi connectivity index (χ4v) is 4.58. The zero-order valence-electron chi connectivity index (χ0n) is 19.2. The lowest BCUT2D eigenvalue weighted by Crippen LogP contribution is -2.44. The molecule has 34 heavy (non-hydrogen) atoms. The molecule has 0 unspecified atom stereocenters. The summed E-state index contributed by atoms with van der Waals surface area (Å²) in [4.78, 5) is 29.4. The smallest absolute Gasteiger partial charge is 0.256 e. The largest absolute Gasteiger partial charge is 0.457 e. The van der Waals surface area contributed by atoms with E-state index in [1.807, 2.05) is 35.2 Å². The highest BCUT2D eigenvalue weighted by Gasteiger charge is 2.26. The van der Waals surface area contributed by atoms with Crippen LogP contribution >= 0.6 is 0 Å². The standard InChI is InChI=1S/C27H26FN3O3/c1-30(2)20-11-13-31(14-12-20)27(33)18-5-3-17(4-6-18)25-10-8-21(34-25)16-23-22-15-19(28)7-9-24(22)29-26(23)32/h3-10,15-16,20H,11-14H2,1-2H3,(H,29,32)/b23-16+. The van der Waals surface area contributed by atoms with Crippen LogP contribution in [0.15, 0.2) is 59.0 Å². The average Bonchev–Trinajstić information content (AvgIpc) is 3.43. The monoisotopic (exact) mass is 459 g/mol. The third-order valence-electron chi connectivity index (χ3n) is 6.58. The number of halogens is 1. The van der Waals surface area contributed by atoms with E-state index in [1.165, 1.54) is 12.1 Å². The fourth-order valence-electron chi connectivity index (χ4n) is 4.58. The van der Waals surface area contributed by atoms with Gasteiger partial charge in [-0.25, -0.2) is 4.39 Å². The second kappa shape index (κ2) is 8.91. The molecule has 3 heterocycles. The van der Waals surface area contributed by atoms with E-state index in [-0.39, 0.29) is 11.8 Å². The van der Waals surface area contributed by atoms with E-state index in [4.69, 9.17) is 4.42 Å². The molecule has 1 saturated heterocycles. The topological polar surface area (TPSA) is 65.8 Å². The quantitative estimate of drug-likeness (QED) is 0.572. The Kier molecular flexibility index (Phi) is 5.79. The lowest BCUT2D eigenvalue weighted by molar-refractivity contribution is -0.110. The van der Waals surface area contributed by atoms with Gasteiger partial charge in [0.1, 0.15) is 17.3 Å². The Bertz CT molecular complexity index is 1270. The molecule has 0 spiro atoms. The molecular weight excluding hydrogens is 433 g/mol. The molecule has 0 bridgehead atoms. The van der Waals surface area contributed by atoms with Crippen LogP contribution in [0.3, 0.4) is 0 Å². The first-order chi connectivity index (χ1) is 16.4. The van der Waals surface area contributed by atoms with Crippen molar-refractivity contribution in [2.24, 2.45) is 0 Å². The van der Waals surface area contributed by atoms with Gasteiger partial charge < -0.3 is 19.5 Å². The maximum absolute atomic E-state index is 13.7. The average molecular weight is 460 g/mol. The third kappa shape index (κ3) is 4.26. The predicted molar refractivity (Wildman–Crippen MR) is 130 cm³/mol. The molecule has 3 aromatic rings. The van der Waals surface area contributed by atoms with Crippen LogP contribution in [0.1, 0.15) is 34.5 Å². The van der Waals surface area contributed by atoms with E-state index in [9.17, 15) is 14.0 Å². The van der Waals surface area contributed by atoms with Crippen molar-refractivity contribution in [1.29, 1.82) is 0 Å². The number of carbonyl (C=O) groups excluding carboxylic acids is 2. The number of piperidine rings is 1. The molecule has 0 aliphatic carbocycles. The number of rotatable bonds is 4. The van der Waals surface area contributed by atoms with Gasteiger partial charge >= 0.3 is 0 Å². The molecule has 174 valence electrons. The molecule has 0 atom stereocenters. The number of amides is 2. The zero-order chi connectivity index (χ0) is 23.8. The van der Waals surface area contributed by atoms with Crippen LogP contribution in [0, 0.1) is 5.82 Å². The van der Waals surface area contributed by atoms with Gasteiger partial charge in [0.25, 0.3) is 11.8 Å². The van der Waals surface area contributed by atoms with E-state index >= 15 is 0 Å². The molecule has 5 rings (SSSR count). The van der Waals surface area contributed by atoms with E-state index in [1.54, 1.807) is 18.2 Å². The summed E-state index contributed by atoms with van der Waals surface area (Å²) in [7, 11) is 4.16. The first kappa shape index (κ1) is 22.1. The van der Waals surface area contributed by atoms with Crippen molar-refractivity contribution in [2.75, 3.05) is 32.5 Å². The molecular formula is C27H26FN3O3. The Morgan fingerprint density at radius 1 is 1.09 bits per heavy atom. The maximum atomic E-state index is 13.7. The van der Waals surface area contributed by atoms with Crippen molar-refractivity contribution in [3.8, 4) is 11.3 Å². The molecule has 2 aliphatic heterocycles. The van der Waals surface area contributed by atoms with Crippen LogP contribution < -0.4 is 5.32 Å². The summed E-state index contributed by atoms with van der Waals surface area (Å²) < 4.78 is 19.6. The van der Waals surface area contributed by atoms with Crippen molar-refractivity contribution < 1.29 is 18.4 Å². The molecule has 0 radical (unpaired) electrons. The summed E-state index contributed by atoms with van der Waals surface area (Å²) in [5, 5.41) is 2.73. The summed E-state index contributed by atoms with van der Waals surface area (Å²) >= 11 is 0. The number of benzene rings is 2. The molecule has 2 aromatic carbocycles. The molecule has 2 amide bonds. The van der Waals surface area contributed by atoms with Crippen LogP contribution in [0.4, 0.5) is 10.1 Å². The highest BCUT2D eigenvalue weighted by molar-refractivity contribution is 6.34. The minimum absolute atomic E-state index is 0.0479. The maximum Gasteiger partial charge on any atom is 0.256 e. The van der Waals surface area contributed by atoms with E-state index in [2.05, 4.69) is 24.3 Å². The van der Waals surface area contributed by atoms with Crippen molar-refractivity contribution in [2.45, 2.75) is 18.9 Å². The molecule has 2 aliphatic rings. The van der Waals surface area contributed by atoms with Gasteiger partial charge in [0, 0.05) is 41.5 Å². The number of hydrogen-bond acceptors (Lipinski definition) is 4. The van der Waals surface area contributed by atoms with E-state index < -0.39 is 5.82 Å². The zero-order valence-corrected chi connectivity index (χ0v) is 19.2. The Hall–Kier alpha value is -3.71. The Labute approximate surface area is 197 Å². The molecule has 7 heteroatoms. The number of likely N-dealkylation sites (tertiary alicyclic amines) is 1. The van der Waals surface area contributed by atoms with Crippen LogP contribution in [-0.4, -0.2) is 54.8 Å². The number of hydrogen-bond donors (Lipinski definition) is 1. The summed E-state index contributed by atoms with van der Waals surface area (Å²) in [6, 6.07) is 15.7. The fraction of sp³-hybridized carbons (Fsp3) is 0.259. The van der Waals surface area contributed by atoms with Gasteiger partial charge in [-0.3, -0.25) is 9.59 Å². The van der Waals surface area contributed by atoms with E-state index in [0.717, 1.165) is 31.5 Å².